The number of carbonyl (C=O) groups excluding carboxylic acids is 6. The zero-order valence-corrected chi connectivity index (χ0v) is 48.3. The molecule has 180 valence electrons. The molecule has 0 aliphatic carbocycles. The van der Waals surface area contributed by atoms with Gasteiger partial charge in [-0.3, -0.25) is 0 Å². The summed E-state index contributed by atoms with van der Waals surface area (Å²) in [5.74, 6) is -9.28. The first kappa shape index (κ1) is 97.6. The summed E-state index contributed by atoms with van der Waals surface area (Å²) in [6.07, 6.45) is 2.31. The van der Waals surface area contributed by atoms with Crippen LogP contribution in [0.3, 0.4) is 0 Å². The van der Waals surface area contributed by atoms with Gasteiger partial charge in [0.05, 0.1) is 35.8 Å². The molecule has 0 heterocycles. The average Bonchev–Trinajstić information content (AvgIpc) is 2.42. The first-order valence-corrected chi connectivity index (χ1v) is 5.18. The zero-order chi connectivity index (χ0) is 19.7. The van der Waals surface area contributed by atoms with Crippen molar-refractivity contribution in [3.63, 3.8) is 0 Å². The molecular weight excluding hydrogens is 2060 g/mol. The van der Waals surface area contributed by atoms with Gasteiger partial charge in [0.2, 0.25) is 0 Å². The summed E-state index contributed by atoms with van der Waals surface area (Å²) in [6, 6.07) is 0. The van der Waals surface area contributed by atoms with E-state index in [-0.39, 0.29) is 240 Å². The molecule has 0 aliphatic heterocycles. The summed E-state index contributed by atoms with van der Waals surface area (Å²) >= 11 is 0. The van der Waals surface area contributed by atoms with E-state index in [0.29, 0.717) is 36.5 Å². The Kier molecular flexibility index (Phi) is 194. The summed E-state index contributed by atoms with van der Waals surface area (Å²) in [6.45, 7) is 0. The van der Waals surface area contributed by atoms with Crippen LogP contribution in [-0.2, 0) is 28.8 Å². The number of carbonyl (C=O) groups is 6. The van der Waals surface area contributed by atoms with Crippen LogP contribution in [0.1, 0.15) is 0 Å². The Bertz CT molecular complexity index is 469. The fraction of sp³-hybridized carbons (Fsp3) is 0. The molecule has 0 aliphatic rings. The van der Waals surface area contributed by atoms with Crippen molar-refractivity contribution in [2.75, 3.05) is 0 Å². The monoisotopic (exact) mass is 2070 g/mol. The molecule has 0 fully saturated rings. The van der Waals surface area contributed by atoms with Crippen molar-refractivity contribution in [3.8, 4) is 0 Å². The Morgan fingerprint density at radius 2 is 0.333 bits per heavy atom. The summed E-state index contributed by atoms with van der Waals surface area (Å²) in [5, 5.41) is 56.5. The minimum atomic E-state index is -1.55. The van der Waals surface area contributed by atoms with Crippen LogP contribution in [0.4, 0.5) is 0 Å². The van der Waals surface area contributed by atoms with Crippen molar-refractivity contribution in [2.45, 2.75) is 0 Å². The second kappa shape index (κ2) is 71.5. The van der Waals surface area contributed by atoms with E-state index in [1.54, 1.807) is 0 Å². The van der Waals surface area contributed by atoms with Gasteiger partial charge < -0.3 is 81.3 Å². The van der Waals surface area contributed by atoms with Gasteiger partial charge in [0, 0.05) is 0 Å². The molecule has 0 unspecified atom stereocenters. The SMILES string of the molecule is O=C([O-])C=CC(=O)[O-].O=C([O-])C=CC(=O)[O-].O=C([O-])C=CC(=O)[O-].[OH-].[OH-].[OH-].[OH-].[Pb+2].[Pb+2].[Pb+2].[Pb+2].[Pb+2].[Pb+2].[Pb+2].[Pb+2]. The molecule has 16 radical (unpaired) electrons. The molecular formula is C12H10O16Pb8+6. The van der Waals surface area contributed by atoms with Gasteiger partial charge in [-0.1, -0.05) is 0 Å². The number of hydrogen-bond donors (Lipinski definition) is 0. The molecule has 0 saturated carbocycles. The molecule has 4 N–H and O–H groups in total. The number of rotatable bonds is 6. The molecule has 16 nitrogen and oxygen atoms in total. The summed E-state index contributed by atoms with van der Waals surface area (Å²) < 4.78 is 0. The normalized spacial score (nSPS) is 6.33. The fourth-order valence-electron chi connectivity index (χ4n) is 0.408. The molecule has 0 saturated heterocycles. The van der Waals surface area contributed by atoms with E-state index in [2.05, 4.69) is 0 Å². The molecule has 0 spiro atoms. The Morgan fingerprint density at radius 3 is 0.361 bits per heavy atom. The maximum Gasteiger partial charge on any atom is 2.00 e. The van der Waals surface area contributed by atoms with Gasteiger partial charge >= 0.3 is 218 Å². The van der Waals surface area contributed by atoms with Gasteiger partial charge in [-0.2, -0.15) is 0 Å². The quantitative estimate of drug-likeness (QED) is 0.176. The predicted molar refractivity (Wildman–Crippen MR) is 111 cm³/mol. The largest absolute Gasteiger partial charge is 2.00 e. The summed E-state index contributed by atoms with van der Waals surface area (Å²) in [7, 11) is 0. The minimum Gasteiger partial charge on any atom is -0.870 e. The Hall–Kier alpha value is 3.26. The molecule has 24 heteroatoms. The van der Waals surface area contributed by atoms with Crippen molar-refractivity contribution in [3.05, 3.63) is 36.5 Å². The van der Waals surface area contributed by atoms with Gasteiger partial charge in [0.15, 0.2) is 0 Å². The van der Waals surface area contributed by atoms with Crippen molar-refractivity contribution < 1.29 is 81.3 Å². The van der Waals surface area contributed by atoms with E-state index in [0.717, 1.165) is 0 Å². The van der Waals surface area contributed by atoms with E-state index in [1.807, 2.05) is 0 Å². The Labute approximate surface area is 365 Å². The van der Waals surface area contributed by atoms with E-state index in [1.165, 1.54) is 0 Å². The molecule has 0 aromatic rings. The number of hydrogen-bond acceptors (Lipinski definition) is 16. The Morgan fingerprint density at radius 1 is 0.278 bits per heavy atom. The van der Waals surface area contributed by atoms with Gasteiger partial charge in [0.25, 0.3) is 0 Å². The molecule has 0 bridgehead atoms. The number of carboxylic acid groups (broad SMARTS) is 6. The van der Waals surface area contributed by atoms with Crippen molar-refractivity contribution in [1.29, 1.82) is 0 Å². The summed E-state index contributed by atoms with van der Waals surface area (Å²) in [4.78, 5) is 56.5. The third kappa shape index (κ3) is 147. The molecule has 0 aromatic heterocycles. The molecule has 0 amide bonds. The van der Waals surface area contributed by atoms with Crippen molar-refractivity contribution >= 4 is 254 Å². The predicted octanol–water partition coefficient (Wildman–Crippen LogP) is -12.6. The topological polar surface area (TPSA) is 361 Å². The first-order valence-electron chi connectivity index (χ1n) is 5.18. The van der Waals surface area contributed by atoms with Gasteiger partial charge in [0.1, 0.15) is 0 Å². The van der Waals surface area contributed by atoms with E-state index in [4.69, 9.17) is 0 Å². The summed E-state index contributed by atoms with van der Waals surface area (Å²) in [5.41, 5.74) is 0. The van der Waals surface area contributed by atoms with E-state index < -0.39 is 35.8 Å². The fourth-order valence-corrected chi connectivity index (χ4v) is 0.408. The van der Waals surface area contributed by atoms with Crippen LogP contribution < -0.4 is 30.6 Å². The van der Waals surface area contributed by atoms with Gasteiger partial charge in [-0.05, 0) is 36.5 Å². The smallest absolute Gasteiger partial charge is 0.870 e. The van der Waals surface area contributed by atoms with E-state index >= 15 is 0 Å². The maximum atomic E-state index is 9.41. The molecule has 0 aromatic carbocycles. The van der Waals surface area contributed by atoms with Gasteiger partial charge in [-0.15, -0.1) is 0 Å². The third-order valence-corrected chi connectivity index (χ3v) is 1.07. The zero-order valence-electron chi connectivity index (χ0n) is 17.2. The molecule has 36 heavy (non-hydrogen) atoms. The van der Waals surface area contributed by atoms with Crippen LogP contribution in [0.15, 0.2) is 36.5 Å². The van der Waals surface area contributed by atoms with E-state index in [9.17, 15) is 59.4 Å². The van der Waals surface area contributed by atoms with Crippen LogP contribution in [0.25, 0.3) is 0 Å². The van der Waals surface area contributed by atoms with Crippen molar-refractivity contribution in [2.24, 2.45) is 0 Å². The van der Waals surface area contributed by atoms with Crippen LogP contribution in [0, 0.1) is 0 Å². The third-order valence-electron chi connectivity index (χ3n) is 1.07. The minimum absolute atomic E-state index is 0. The Balaban J connectivity index is -0.0000000121. The van der Waals surface area contributed by atoms with Gasteiger partial charge in [-0.25, -0.2) is 0 Å². The van der Waals surface area contributed by atoms with Crippen LogP contribution >= 0.6 is 0 Å². The number of carboxylic acids is 6. The first-order chi connectivity index (χ1) is 10.9. The van der Waals surface area contributed by atoms with Crippen LogP contribution in [0.2, 0.25) is 0 Å². The second-order valence-electron chi connectivity index (χ2n) is 2.91. The van der Waals surface area contributed by atoms with Crippen LogP contribution in [0.5, 0.6) is 0 Å². The van der Waals surface area contributed by atoms with Crippen LogP contribution in [-0.4, -0.2) is 276 Å². The maximum absolute atomic E-state index is 9.41. The molecule has 0 atom stereocenters. The standard InChI is InChI=1S/3C4H4O4.4H2O.8Pb/c3*5-3(6)1-2-4(7)8;;;;;;;;;;;;/h3*1-2H,(H,5,6)(H,7,8);4*1H2;;;;;;;;/q;;;;;;;8*+2/p-10. The molecule has 0 rings (SSSR count). The average molecular weight is 2070 g/mol. The second-order valence-corrected chi connectivity index (χ2v) is 2.91. The van der Waals surface area contributed by atoms with Crippen molar-refractivity contribution in [1.82, 2.24) is 0 Å². The number of aliphatic carboxylic acids is 6.